The third-order valence-electron chi connectivity index (χ3n) is 2.75. The van der Waals surface area contributed by atoms with Crippen LogP contribution < -0.4 is 10.6 Å². The fraction of sp³-hybridized carbons (Fsp3) is 0.571. The summed E-state index contributed by atoms with van der Waals surface area (Å²) in [7, 11) is 3.37. The number of anilines is 1. The Labute approximate surface area is 130 Å². The van der Waals surface area contributed by atoms with Crippen molar-refractivity contribution in [3.63, 3.8) is 0 Å². The predicted octanol–water partition coefficient (Wildman–Crippen LogP) is 1.95. The van der Waals surface area contributed by atoms with Gasteiger partial charge < -0.3 is 20.1 Å². The van der Waals surface area contributed by atoms with Crippen molar-refractivity contribution in [2.24, 2.45) is 0 Å². The molecule has 0 bridgehead atoms. The molecule has 1 rings (SSSR count). The van der Waals surface area contributed by atoms with Crippen LogP contribution in [0.1, 0.15) is 23.2 Å². The van der Waals surface area contributed by atoms with E-state index in [2.05, 4.69) is 15.6 Å². The van der Waals surface area contributed by atoms with Gasteiger partial charge in [0.2, 0.25) is 0 Å². The van der Waals surface area contributed by atoms with Crippen LogP contribution in [0.2, 0.25) is 5.15 Å². The number of aromatic nitrogens is 1. The maximum absolute atomic E-state index is 12.0. The third-order valence-corrected chi connectivity index (χ3v) is 2.94. The number of amides is 1. The van der Waals surface area contributed by atoms with Gasteiger partial charge in [-0.05, 0) is 25.0 Å². The fourth-order valence-corrected chi connectivity index (χ4v) is 1.84. The quantitative estimate of drug-likeness (QED) is 0.510. The maximum atomic E-state index is 12.0. The number of ether oxygens (including phenoxy) is 2. The molecule has 21 heavy (non-hydrogen) atoms. The number of rotatable bonds is 10. The molecule has 1 aromatic heterocycles. The predicted molar refractivity (Wildman–Crippen MR) is 83.1 cm³/mol. The number of nitrogens with one attached hydrogen (secondary N) is 2. The van der Waals surface area contributed by atoms with Gasteiger partial charge in [-0.2, -0.15) is 0 Å². The van der Waals surface area contributed by atoms with Crippen molar-refractivity contribution >= 4 is 23.3 Å². The van der Waals surface area contributed by atoms with E-state index >= 15 is 0 Å². The zero-order valence-corrected chi connectivity index (χ0v) is 13.2. The van der Waals surface area contributed by atoms with Crippen molar-refractivity contribution in [1.82, 2.24) is 10.3 Å². The summed E-state index contributed by atoms with van der Waals surface area (Å²) in [5.41, 5.74) is 0.496. The van der Waals surface area contributed by atoms with Crippen LogP contribution in [-0.4, -0.2) is 51.4 Å². The molecule has 0 fully saturated rings. The molecule has 0 aromatic carbocycles. The molecular weight excluding hydrogens is 294 g/mol. The first-order valence-corrected chi connectivity index (χ1v) is 7.25. The minimum Gasteiger partial charge on any atom is -0.382 e. The first kappa shape index (κ1) is 17.7. The van der Waals surface area contributed by atoms with Gasteiger partial charge in [-0.3, -0.25) is 4.79 Å². The van der Waals surface area contributed by atoms with Gasteiger partial charge in [0.05, 0.1) is 13.2 Å². The number of nitrogens with zero attached hydrogens (tertiary/aromatic N) is 1. The number of halogens is 1. The second-order valence-corrected chi connectivity index (χ2v) is 4.77. The molecular formula is C14H22ClN3O3. The molecule has 0 unspecified atom stereocenters. The van der Waals surface area contributed by atoms with Crippen molar-refractivity contribution in [2.45, 2.75) is 12.8 Å². The summed E-state index contributed by atoms with van der Waals surface area (Å²) in [5.74, 6) is 0.412. The second-order valence-electron chi connectivity index (χ2n) is 4.38. The number of hydrogen-bond donors (Lipinski definition) is 2. The van der Waals surface area contributed by atoms with Gasteiger partial charge in [-0.1, -0.05) is 11.6 Å². The molecule has 7 heteroatoms. The van der Waals surface area contributed by atoms with Crippen LogP contribution in [-0.2, 0) is 9.47 Å². The number of carbonyl (C=O) groups excluding carboxylic acids is 1. The zero-order chi connectivity index (χ0) is 15.5. The Kier molecular flexibility index (Phi) is 8.73. The van der Waals surface area contributed by atoms with Gasteiger partial charge >= 0.3 is 0 Å². The van der Waals surface area contributed by atoms with Gasteiger partial charge in [-0.25, -0.2) is 4.98 Å². The number of methoxy groups -OCH3 is 1. The molecule has 1 aromatic rings. The first-order valence-electron chi connectivity index (χ1n) is 6.87. The molecule has 1 amide bonds. The summed E-state index contributed by atoms with van der Waals surface area (Å²) in [6.07, 6.45) is 1.75. The SMILES string of the molecule is CNc1cc(C(=O)NCCCCOCCOC)cc(Cl)n1. The lowest BCUT2D eigenvalue weighted by atomic mass is 10.2. The van der Waals surface area contributed by atoms with Crippen LogP contribution in [0, 0.1) is 0 Å². The zero-order valence-electron chi connectivity index (χ0n) is 12.4. The van der Waals surface area contributed by atoms with Gasteiger partial charge in [0.25, 0.3) is 5.91 Å². The summed E-state index contributed by atoms with van der Waals surface area (Å²) < 4.78 is 10.2. The van der Waals surface area contributed by atoms with Crippen molar-refractivity contribution < 1.29 is 14.3 Å². The molecule has 0 aliphatic heterocycles. The molecule has 6 nitrogen and oxygen atoms in total. The molecule has 0 spiro atoms. The van der Waals surface area contributed by atoms with E-state index in [4.69, 9.17) is 21.1 Å². The van der Waals surface area contributed by atoms with Crippen LogP contribution in [0.15, 0.2) is 12.1 Å². The molecule has 0 atom stereocenters. The van der Waals surface area contributed by atoms with Gasteiger partial charge in [0.1, 0.15) is 11.0 Å². The number of pyridine rings is 1. The molecule has 0 saturated heterocycles. The van der Waals surface area contributed by atoms with Crippen LogP contribution in [0.25, 0.3) is 0 Å². The Hall–Kier alpha value is -1.37. The molecule has 1 heterocycles. The van der Waals surface area contributed by atoms with Crippen molar-refractivity contribution in [1.29, 1.82) is 0 Å². The van der Waals surface area contributed by atoms with Crippen molar-refractivity contribution in [3.8, 4) is 0 Å². The largest absolute Gasteiger partial charge is 0.382 e. The number of unbranched alkanes of at least 4 members (excludes halogenated alkanes) is 1. The highest BCUT2D eigenvalue weighted by Gasteiger charge is 2.08. The summed E-state index contributed by atoms with van der Waals surface area (Å²) in [5, 5.41) is 6.00. The Bertz CT molecular complexity index is 443. The summed E-state index contributed by atoms with van der Waals surface area (Å²) in [6, 6.07) is 3.21. The van der Waals surface area contributed by atoms with Crippen molar-refractivity contribution in [3.05, 3.63) is 22.8 Å². The topological polar surface area (TPSA) is 72.5 Å². The van der Waals surface area contributed by atoms with E-state index in [1.54, 1.807) is 26.3 Å². The van der Waals surface area contributed by atoms with E-state index in [0.717, 1.165) is 12.8 Å². The molecule has 2 N–H and O–H groups in total. The van der Waals surface area contributed by atoms with E-state index < -0.39 is 0 Å². The van der Waals surface area contributed by atoms with Crippen LogP contribution >= 0.6 is 11.6 Å². The highest BCUT2D eigenvalue weighted by molar-refractivity contribution is 6.29. The smallest absolute Gasteiger partial charge is 0.251 e. The lowest BCUT2D eigenvalue weighted by Gasteiger charge is -2.07. The Morgan fingerprint density at radius 2 is 2.10 bits per heavy atom. The molecule has 0 saturated carbocycles. The first-order chi connectivity index (χ1) is 10.2. The molecule has 0 aliphatic rings. The highest BCUT2D eigenvalue weighted by atomic mass is 35.5. The van der Waals surface area contributed by atoms with Crippen LogP contribution in [0.4, 0.5) is 5.82 Å². The van der Waals surface area contributed by atoms with E-state index in [1.807, 2.05) is 0 Å². The Morgan fingerprint density at radius 1 is 1.29 bits per heavy atom. The summed E-state index contributed by atoms with van der Waals surface area (Å²) in [4.78, 5) is 16.0. The monoisotopic (exact) mass is 315 g/mol. The van der Waals surface area contributed by atoms with Crippen LogP contribution in [0.3, 0.4) is 0 Å². The second kappa shape index (κ2) is 10.4. The minimum atomic E-state index is -0.156. The van der Waals surface area contributed by atoms with Crippen molar-refractivity contribution in [2.75, 3.05) is 45.8 Å². The van der Waals surface area contributed by atoms with Gasteiger partial charge in [-0.15, -0.1) is 0 Å². The van der Waals surface area contributed by atoms with E-state index in [9.17, 15) is 4.79 Å². The third kappa shape index (κ3) is 7.27. The lowest BCUT2D eigenvalue weighted by molar-refractivity contribution is 0.0686. The minimum absolute atomic E-state index is 0.156. The fourth-order valence-electron chi connectivity index (χ4n) is 1.63. The maximum Gasteiger partial charge on any atom is 0.251 e. The highest BCUT2D eigenvalue weighted by Crippen LogP contribution is 2.13. The van der Waals surface area contributed by atoms with E-state index in [-0.39, 0.29) is 5.91 Å². The standard InChI is InChI=1S/C14H22ClN3O3/c1-16-13-10-11(9-12(15)18-13)14(19)17-5-3-4-6-21-8-7-20-2/h9-10H,3-8H2,1-2H3,(H,16,18)(H,17,19). The van der Waals surface area contributed by atoms with Gasteiger partial charge in [0, 0.05) is 32.9 Å². The average molecular weight is 316 g/mol. The Balaban J connectivity index is 2.23. The van der Waals surface area contributed by atoms with Gasteiger partial charge in [0.15, 0.2) is 0 Å². The Morgan fingerprint density at radius 3 is 2.81 bits per heavy atom. The summed E-state index contributed by atoms with van der Waals surface area (Å²) in [6.45, 7) is 2.48. The van der Waals surface area contributed by atoms with Crippen LogP contribution in [0.5, 0.6) is 0 Å². The lowest BCUT2D eigenvalue weighted by Crippen LogP contribution is -2.25. The molecule has 118 valence electrons. The number of carbonyl (C=O) groups is 1. The van der Waals surface area contributed by atoms with E-state index in [0.29, 0.717) is 42.9 Å². The average Bonchev–Trinajstić information content (AvgIpc) is 2.49. The summed E-state index contributed by atoms with van der Waals surface area (Å²) >= 11 is 5.86. The number of hydrogen-bond acceptors (Lipinski definition) is 5. The molecule has 0 radical (unpaired) electrons. The van der Waals surface area contributed by atoms with E-state index in [1.165, 1.54) is 0 Å². The normalized spacial score (nSPS) is 10.4. The molecule has 0 aliphatic carbocycles.